The van der Waals surface area contributed by atoms with E-state index in [9.17, 15) is 23.3 Å². The van der Waals surface area contributed by atoms with Crippen LogP contribution in [0.1, 0.15) is 12.1 Å². The number of nitrogens with zero attached hydrogens (tertiary/aromatic N) is 2. The van der Waals surface area contributed by atoms with Crippen molar-refractivity contribution >= 4 is 5.69 Å². The second kappa shape index (κ2) is 4.11. The number of pyridine rings is 1. The van der Waals surface area contributed by atoms with E-state index in [2.05, 4.69) is 9.72 Å². The summed E-state index contributed by atoms with van der Waals surface area (Å²) in [6.45, 7) is 0. The molecule has 0 radical (unpaired) electrons. The molecule has 1 aromatic rings. The Hall–Kier alpha value is -1.86. The third-order valence-corrected chi connectivity index (χ3v) is 1.55. The maximum absolute atomic E-state index is 13.1. The average molecular weight is 222 g/mol. The standard InChI is InChI=1S/C7H5F3N2O3/c1-15-4-2-3(12(13)14)5(8)6(11-4)7(9)10/h2,7H,1H3. The minimum atomic E-state index is -3.24. The molecule has 0 unspecified atom stereocenters. The molecule has 5 nitrogen and oxygen atoms in total. The third kappa shape index (κ3) is 2.14. The summed E-state index contributed by atoms with van der Waals surface area (Å²) in [6.07, 6.45) is -3.24. The summed E-state index contributed by atoms with van der Waals surface area (Å²) >= 11 is 0. The zero-order chi connectivity index (χ0) is 11.6. The maximum atomic E-state index is 13.1. The monoisotopic (exact) mass is 222 g/mol. The highest BCUT2D eigenvalue weighted by molar-refractivity contribution is 5.38. The third-order valence-electron chi connectivity index (χ3n) is 1.55. The number of nitro groups is 1. The molecule has 0 amide bonds. The normalized spacial score (nSPS) is 10.5. The molecule has 0 fully saturated rings. The summed E-state index contributed by atoms with van der Waals surface area (Å²) < 4.78 is 41.9. The van der Waals surface area contributed by atoms with Gasteiger partial charge in [-0.1, -0.05) is 0 Å². The Morgan fingerprint density at radius 2 is 2.20 bits per heavy atom. The molecule has 0 N–H and O–H groups in total. The fourth-order valence-corrected chi connectivity index (χ4v) is 0.894. The molecule has 0 atom stereocenters. The van der Waals surface area contributed by atoms with Crippen molar-refractivity contribution in [1.82, 2.24) is 4.98 Å². The fraction of sp³-hybridized carbons (Fsp3) is 0.286. The molecule has 0 bridgehead atoms. The summed E-state index contributed by atoms with van der Waals surface area (Å²) in [6, 6.07) is 0.640. The first-order valence-corrected chi connectivity index (χ1v) is 3.64. The summed E-state index contributed by atoms with van der Waals surface area (Å²) in [5.74, 6) is -2.07. The first-order chi connectivity index (χ1) is 6.97. The zero-order valence-electron chi connectivity index (χ0n) is 7.41. The summed E-state index contributed by atoms with van der Waals surface area (Å²) in [5.41, 5.74) is -2.38. The quantitative estimate of drug-likeness (QED) is 0.580. The second-order valence-electron chi connectivity index (χ2n) is 2.44. The number of alkyl halides is 2. The van der Waals surface area contributed by atoms with E-state index in [1.807, 2.05) is 0 Å². The molecule has 1 rings (SSSR count). The minimum Gasteiger partial charge on any atom is -0.481 e. The number of aromatic nitrogens is 1. The van der Waals surface area contributed by atoms with E-state index in [4.69, 9.17) is 0 Å². The topological polar surface area (TPSA) is 65.3 Å². The smallest absolute Gasteiger partial charge is 0.312 e. The molecule has 0 aromatic carbocycles. The van der Waals surface area contributed by atoms with Crippen LogP contribution in [0.4, 0.5) is 18.9 Å². The molecule has 15 heavy (non-hydrogen) atoms. The van der Waals surface area contributed by atoms with Gasteiger partial charge in [0.2, 0.25) is 11.7 Å². The number of ether oxygens (including phenoxy) is 1. The summed E-state index contributed by atoms with van der Waals surface area (Å²) in [7, 11) is 1.08. The van der Waals surface area contributed by atoms with Crippen LogP contribution >= 0.6 is 0 Å². The van der Waals surface area contributed by atoms with Crippen LogP contribution < -0.4 is 4.74 Å². The highest BCUT2D eigenvalue weighted by Gasteiger charge is 2.26. The lowest BCUT2D eigenvalue weighted by Crippen LogP contribution is -2.03. The number of hydrogen-bond acceptors (Lipinski definition) is 4. The molecule has 8 heteroatoms. The predicted octanol–water partition coefficient (Wildman–Crippen LogP) is 2.08. The van der Waals surface area contributed by atoms with Crippen molar-refractivity contribution in [2.45, 2.75) is 6.43 Å². The van der Waals surface area contributed by atoms with Crippen molar-refractivity contribution in [1.29, 1.82) is 0 Å². The molecule has 0 saturated heterocycles. The van der Waals surface area contributed by atoms with E-state index >= 15 is 0 Å². The Labute approximate surface area is 81.6 Å². The Morgan fingerprint density at radius 3 is 2.60 bits per heavy atom. The number of methoxy groups -OCH3 is 1. The van der Waals surface area contributed by atoms with Gasteiger partial charge in [-0.15, -0.1) is 0 Å². The number of hydrogen-bond donors (Lipinski definition) is 0. The molecule has 1 heterocycles. The SMILES string of the molecule is COc1cc([N+](=O)[O-])c(F)c(C(F)F)n1. The second-order valence-corrected chi connectivity index (χ2v) is 2.44. The molecule has 82 valence electrons. The van der Waals surface area contributed by atoms with Gasteiger partial charge in [-0.05, 0) is 0 Å². The van der Waals surface area contributed by atoms with Gasteiger partial charge in [-0.3, -0.25) is 10.1 Å². The lowest BCUT2D eigenvalue weighted by atomic mass is 10.3. The van der Waals surface area contributed by atoms with Gasteiger partial charge in [0.1, 0.15) is 0 Å². The van der Waals surface area contributed by atoms with Gasteiger partial charge in [0, 0.05) is 0 Å². The van der Waals surface area contributed by atoms with Crippen LogP contribution in [0.5, 0.6) is 5.88 Å². The van der Waals surface area contributed by atoms with Crippen LogP contribution in [0, 0.1) is 15.9 Å². The van der Waals surface area contributed by atoms with Crippen LogP contribution in [-0.2, 0) is 0 Å². The van der Waals surface area contributed by atoms with E-state index in [1.54, 1.807) is 0 Å². The van der Waals surface area contributed by atoms with Crippen LogP contribution in [0.25, 0.3) is 0 Å². The lowest BCUT2D eigenvalue weighted by Gasteiger charge is -2.04. The van der Waals surface area contributed by atoms with E-state index in [-0.39, 0.29) is 0 Å². The van der Waals surface area contributed by atoms with E-state index in [0.717, 1.165) is 7.11 Å². The van der Waals surface area contributed by atoms with Gasteiger partial charge in [0.05, 0.1) is 18.1 Å². The van der Waals surface area contributed by atoms with Crippen LogP contribution in [0.2, 0.25) is 0 Å². The predicted molar refractivity (Wildman–Crippen MR) is 42.4 cm³/mol. The summed E-state index contributed by atoms with van der Waals surface area (Å²) in [5, 5.41) is 10.3. The van der Waals surface area contributed by atoms with Crippen LogP contribution in [0.3, 0.4) is 0 Å². The van der Waals surface area contributed by atoms with E-state index < -0.39 is 34.4 Å². The Kier molecular flexibility index (Phi) is 3.08. The maximum Gasteiger partial charge on any atom is 0.312 e. The van der Waals surface area contributed by atoms with Gasteiger partial charge in [-0.25, -0.2) is 13.8 Å². The molecule has 0 aliphatic rings. The Bertz CT molecular complexity index is 397. The lowest BCUT2D eigenvalue weighted by molar-refractivity contribution is -0.387. The van der Waals surface area contributed by atoms with Crippen molar-refractivity contribution in [2.24, 2.45) is 0 Å². The van der Waals surface area contributed by atoms with Gasteiger partial charge in [0.15, 0.2) is 5.69 Å². The summed E-state index contributed by atoms with van der Waals surface area (Å²) in [4.78, 5) is 12.3. The van der Waals surface area contributed by atoms with Crippen molar-refractivity contribution in [3.05, 3.63) is 27.7 Å². The number of halogens is 3. The molecule has 0 aliphatic carbocycles. The van der Waals surface area contributed by atoms with Gasteiger partial charge < -0.3 is 4.74 Å². The Morgan fingerprint density at radius 1 is 1.60 bits per heavy atom. The fourth-order valence-electron chi connectivity index (χ4n) is 0.894. The van der Waals surface area contributed by atoms with Gasteiger partial charge >= 0.3 is 5.69 Å². The van der Waals surface area contributed by atoms with Gasteiger partial charge in [-0.2, -0.15) is 4.39 Å². The first-order valence-electron chi connectivity index (χ1n) is 3.64. The average Bonchev–Trinajstić information content (AvgIpc) is 2.17. The van der Waals surface area contributed by atoms with Crippen LogP contribution in [-0.4, -0.2) is 17.0 Å². The van der Waals surface area contributed by atoms with Crippen molar-refractivity contribution in [3.8, 4) is 5.88 Å². The minimum absolute atomic E-state index is 0.432. The van der Waals surface area contributed by atoms with Crippen molar-refractivity contribution < 1.29 is 22.8 Å². The van der Waals surface area contributed by atoms with Crippen molar-refractivity contribution in [3.63, 3.8) is 0 Å². The number of rotatable bonds is 3. The Balaban J connectivity index is 3.40. The zero-order valence-corrected chi connectivity index (χ0v) is 7.41. The molecule has 0 saturated carbocycles. The molecular formula is C7H5F3N2O3. The highest BCUT2D eigenvalue weighted by atomic mass is 19.3. The first kappa shape index (κ1) is 11.2. The van der Waals surface area contributed by atoms with Crippen molar-refractivity contribution in [2.75, 3.05) is 7.11 Å². The van der Waals surface area contributed by atoms with E-state index in [1.165, 1.54) is 0 Å². The highest BCUT2D eigenvalue weighted by Crippen LogP contribution is 2.29. The molecule has 0 aliphatic heterocycles. The van der Waals surface area contributed by atoms with E-state index in [0.29, 0.717) is 6.07 Å². The molecule has 0 spiro atoms. The van der Waals surface area contributed by atoms with Gasteiger partial charge in [0.25, 0.3) is 6.43 Å². The molecular weight excluding hydrogens is 217 g/mol. The largest absolute Gasteiger partial charge is 0.481 e. The van der Waals surface area contributed by atoms with Crippen LogP contribution in [0.15, 0.2) is 6.07 Å². The molecule has 1 aromatic heterocycles.